The molecule has 0 fully saturated rings. The minimum Gasteiger partial charge on any atom is -0.497 e. The molecule has 0 saturated carbocycles. The van der Waals surface area contributed by atoms with Gasteiger partial charge in [-0.2, -0.15) is 0 Å². The largest absolute Gasteiger partial charge is 0.497 e. The predicted molar refractivity (Wildman–Crippen MR) is 85.5 cm³/mol. The van der Waals surface area contributed by atoms with Crippen molar-refractivity contribution >= 4 is 11.9 Å². The Hall–Kier alpha value is -2.95. The van der Waals surface area contributed by atoms with Gasteiger partial charge in [-0.25, -0.2) is 0 Å². The maximum absolute atomic E-state index is 12.4. The summed E-state index contributed by atoms with van der Waals surface area (Å²) in [5.74, 6) is 2.51. The standard InChI is InChI=1S/C18H16O5/c1-20-12-4-5-15-16(10-12)23-17(18(15)19)8-11-6-13(21-2)9-14(7-11)22-3/h4-10H,1-3H3/b17-8+. The number of hydrogen-bond acceptors (Lipinski definition) is 5. The van der Waals surface area contributed by atoms with Gasteiger partial charge in [-0.3, -0.25) is 4.79 Å². The van der Waals surface area contributed by atoms with Crippen LogP contribution in [0.5, 0.6) is 23.0 Å². The molecule has 0 saturated heterocycles. The number of fused-ring (bicyclic) bond motifs is 1. The highest BCUT2D eigenvalue weighted by Gasteiger charge is 2.27. The number of Topliss-reactive ketones (excluding diaryl/α,β-unsaturated/α-hetero) is 1. The van der Waals surface area contributed by atoms with Crippen LogP contribution in [0.3, 0.4) is 0 Å². The first-order valence-corrected chi connectivity index (χ1v) is 7.00. The molecule has 2 aromatic rings. The molecule has 2 aromatic carbocycles. The van der Waals surface area contributed by atoms with Gasteiger partial charge in [0.1, 0.15) is 23.0 Å². The molecule has 0 aliphatic carbocycles. The summed E-state index contributed by atoms with van der Waals surface area (Å²) < 4.78 is 21.3. The van der Waals surface area contributed by atoms with E-state index < -0.39 is 0 Å². The zero-order valence-electron chi connectivity index (χ0n) is 13.1. The van der Waals surface area contributed by atoms with Gasteiger partial charge in [-0.15, -0.1) is 0 Å². The van der Waals surface area contributed by atoms with Crippen LogP contribution in [0.15, 0.2) is 42.2 Å². The van der Waals surface area contributed by atoms with Gasteiger partial charge in [-0.1, -0.05) is 0 Å². The fraction of sp³-hybridized carbons (Fsp3) is 0.167. The summed E-state index contributed by atoms with van der Waals surface area (Å²) in [7, 11) is 4.72. The Balaban J connectivity index is 1.97. The third-order valence-corrected chi connectivity index (χ3v) is 3.55. The maximum Gasteiger partial charge on any atom is 0.231 e. The van der Waals surface area contributed by atoms with Crippen LogP contribution in [-0.2, 0) is 0 Å². The van der Waals surface area contributed by atoms with Gasteiger partial charge < -0.3 is 18.9 Å². The minimum atomic E-state index is -0.163. The van der Waals surface area contributed by atoms with Crippen LogP contribution in [0, 0.1) is 0 Å². The average molecular weight is 312 g/mol. The van der Waals surface area contributed by atoms with E-state index in [2.05, 4.69) is 0 Å². The topological polar surface area (TPSA) is 54.0 Å². The number of benzene rings is 2. The highest BCUT2D eigenvalue weighted by atomic mass is 16.5. The quantitative estimate of drug-likeness (QED) is 0.811. The molecule has 0 radical (unpaired) electrons. The Labute approximate surface area is 134 Å². The summed E-state index contributed by atoms with van der Waals surface area (Å²) in [5.41, 5.74) is 1.27. The molecule has 0 amide bonds. The number of ether oxygens (including phenoxy) is 4. The lowest BCUT2D eigenvalue weighted by Crippen LogP contribution is -1.98. The lowest BCUT2D eigenvalue weighted by molar-refractivity contribution is 0.101. The van der Waals surface area contributed by atoms with Crippen LogP contribution in [0.2, 0.25) is 0 Å². The number of ketones is 1. The first-order valence-electron chi connectivity index (χ1n) is 7.00. The summed E-state index contributed by atoms with van der Waals surface area (Å²) in [4.78, 5) is 12.4. The van der Waals surface area contributed by atoms with E-state index in [1.54, 1.807) is 63.8 Å². The fourth-order valence-electron chi connectivity index (χ4n) is 2.36. The number of methoxy groups -OCH3 is 3. The smallest absolute Gasteiger partial charge is 0.231 e. The molecule has 23 heavy (non-hydrogen) atoms. The molecule has 1 aliphatic heterocycles. The Morgan fingerprint density at radius 1 is 0.870 bits per heavy atom. The second kappa shape index (κ2) is 6.04. The van der Waals surface area contributed by atoms with Crippen LogP contribution in [0.4, 0.5) is 0 Å². The molecule has 118 valence electrons. The molecule has 3 rings (SSSR count). The predicted octanol–water partition coefficient (Wildman–Crippen LogP) is 3.33. The van der Waals surface area contributed by atoms with Crippen molar-refractivity contribution in [2.45, 2.75) is 0 Å². The summed E-state index contributed by atoms with van der Waals surface area (Å²) >= 11 is 0. The molecule has 0 N–H and O–H groups in total. The van der Waals surface area contributed by atoms with E-state index in [0.29, 0.717) is 28.6 Å². The Morgan fingerprint density at radius 2 is 1.52 bits per heavy atom. The molecular weight excluding hydrogens is 296 g/mol. The van der Waals surface area contributed by atoms with E-state index in [0.717, 1.165) is 5.56 Å². The molecule has 1 heterocycles. The third-order valence-electron chi connectivity index (χ3n) is 3.55. The third kappa shape index (κ3) is 2.85. The number of allylic oxidation sites excluding steroid dienone is 1. The van der Waals surface area contributed by atoms with E-state index in [1.165, 1.54) is 0 Å². The van der Waals surface area contributed by atoms with Gasteiger partial charge >= 0.3 is 0 Å². The molecule has 0 aromatic heterocycles. The van der Waals surface area contributed by atoms with Crippen LogP contribution < -0.4 is 18.9 Å². The lowest BCUT2D eigenvalue weighted by atomic mass is 10.1. The first kappa shape index (κ1) is 15.0. The van der Waals surface area contributed by atoms with E-state index in [4.69, 9.17) is 18.9 Å². The van der Waals surface area contributed by atoms with E-state index >= 15 is 0 Å². The van der Waals surface area contributed by atoms with Crippen molar-refractivity contribution in [3.8, 4) is 23.0 Å². The summed E-state index contributed by atoms with van der Waals surface area (Å²) in [6.07, 6.45) is 1.67. The lowest BCUT2D eigenvalue weighted by Gasteiger charge is -2.06. The highest BCUT2D eigenvalue weighted by molar-refractivity contribution is 6.14. The second-order valence-electron chi connectivity index (χ2n) is 4.95. The van der Waals surface area contributed by atoms with Crippen LogP contribution in [-0.4, -0.2) is 27.1 Å². The van der Waals surface area contributed by atoms with Crippen molar-refractivity contribution in [3.05, 3.63) is 53.3 Å². The molecule has 0 unspecified atom stereocenters. The van der Waals surface area contributed by atoms with E-state index in [-0.39, 0.29) is 11.5 Å². The van der Waals surface area contributed by atoms with Gasteiger partial charge in [0.2, 0.25) is 5.78 Å². The van der Waals surface area contributed by atoms with E-state index in [1.807, 2.05) is 0 Å². The number of rotatable bonds is 4. The summed E-state index contributed by atoms with van der Waals surface area (Å²) in [6, 6.07) is 10.5. The van der Waals surface area contributed by atoms with Crippen LogP contribution in [0.25, 0.3) is 6.08 Å². The molecule has 1 aliphatic rings. The van der Waals surface area contributed by atoms with Gasteiger partial charge in [0.05, 0.1) is 26.9 Å². The summed E-state index contributed by atoms with van der Waals surface area (Å²) in [5, 5.41) is 0. The van der Waals surface area contributed by atoms with Crippen molar-refractivity contribution in [2.24, 2.45) is 0 Å². The van der Waals surface area contributed by atoms with Crippen molar-refractivity contribution in [2.75, 3.05) is 21.3 Å². The average Bonchev–Trinajstić information content (AvgIpc) is 2.89. The van der Waals surface area contributed by atoms with Crippen molar-refractivity contribution in [3.63, 3.8) is 0 Å². The second-order valence-corrected chi connectivity index (χ2v) is 4.95. The monoisotopic (exact) mass is 312 g/mol. The van der Waals surface area contributed by atoms with Crippen molar-refractivity contribution < 1.29 is 23.7 Å². The van der Waals surface area contributed by atoms with E-state index in [9.17, 15) is 4.79 Å². The Morgan fingerprint density at radius 3 is 2.13 bits per heavy atom. The molecule has 0 atom stereocenters. The van der Waals surface area contributed by atoms with Gasteiger partial charge in [-0.05, 0) is 35.9 Å². The SMILES string of the molecule is COc1cc(/C=C2/Oc3cc(OC)ccc3C2=O)cc(OC)c1. The van der Waals surface area contributed by atoms with Crippen LogP contribution >= 0.6 is 0 Å². The zero-order chi connectivity index (χ0) is 16.4. The van der Waals surface area contributed by atoms with Crippen molar-refractivity contribution in [1.29, 1.82) is 0 Å². The van der Waals surface area contributed by atoms with Crippen molar-refractivity contribution in [1.82, 2.24) is 0 Å². The number of hydrogen-bond donors (Lipinski definition) is 0. The molecular formula is C18H16O5. The molecule has 0 spiro atoms. The molecule has 5 nitrogen and oxygen atoms in total. The molecule has 0 bridgehead atoms. The number of carbonyl (C=O) groups is 1. The fourth-order valence-corrected chi connectivity index (χ4v) is 2.36. The minimum absolute atomic E-state index is 0.163. The normalized spacial score (nSPS) is 14.4. The van der Waals surface area contributed by atoms with Gasteiger partial charge in [0.25, 0.3) is 0 Å². The number of carbonyl (C=O) groups excluding carboxylic acids is 1. The summed E-state index contributed by atoms with van der Waals surface area (Å²) in [6.45, 7) is 0. The Kier molecular flexibility index (Phi) is 3.93. The maximum atomic E-state index is 12.4. The highest BCUT2D eigenvalue weighted by Crippen LogP contribution is 2.35. The first-order chi connectivity index (χ1) is 11.1. The zero-order valence-corrected chi connectivity index (χ0v) is 13.1. The Bertz CT molecular complexity index is 770. The van der Waals surface area contributed by atoms with Gasteiger partial charge in [0, 0.05) is 12.1 Å². The van der Waals surface area contributed by atoms with Gasteiger partial charge in [0.15, 0.2) is 5.76 Å². The molecule has 5 heteroatoms. The van der Waals surface area contributed by atoms with Crippen LogP contribution in [0.1, 0.15) is 15.9 Å².